The third-order valence-corrected chi connectivity index (χ3v) is 4.25. The zero-order chi connectivity index (χ0) is 13.5. The highest BCUT2D eigenvalue weighted by atomic mass is 16.7. The summed E-state index contributed by atoms with van der Waals surface area (Å²) >= 11 is 0. The molecule has 1 aliphatic carbocycles. The molecule has 2 fully saturated rings. The minimum Gasteiger partial charge on any atom is -0.347 e. The molecule has 0 unspecified atom stereocenters. The van der Waals surface area contributed by atoms with Gasteiger partial charge in [0.25, 0.3) is 0 Å². The number of ether oxygens (including phenoxy) is 2. The van der Waals surface area contributed by atoms with Gasteiger partial charge >= 0.3 is 0 Å². The van der Waals surface area contributed by atoms with Gasteiger partial charge < -0.3 is 9.47 Å². The molecule has 1 saturated carbocycles. The third-order valence-electron chi connectivity index (χ3n) is 4.25. The Kier molecular flexibility index (Phi) is 3.23. The van der Waals surface area contributed by atoms with E-state index in [1.165, 1.54) is 5.56 Å². The van der Waals surface area contributed by atoms with Crippen LogP contribution in [0.15, 0.2) is 43.0 Å². The van der Waals surface area contributed by atoms with Crippen LogP contribution in [0.2, 0.25) is 0 Å². The summed E-state index contributed by atoms with van der Waals surface area (Å²) in [5.41, 5.74) is 1.30. The molecule has 0 bridgehead atoms. The van der Waals surface area contributed by atoms with Gasteiger partial charge in [0.1, 0.15) is 0 Å². The number of rotatable bonds is 3. The normalized spacial score (nSPS) is 38.9. The maximum atomic E-state index is 6.10. The molecule has 19 heavy (non-hydrogen) atoms. The van der Waals surface area contributed by atoms with Gasteiger partial charge in [0.2, 0.25) is 0 Å². The van der Waals surface area contributed by atoms with Gasteiger partial charge in [-0.2, -0.15) is 0 Å². The molecule has 1 spiro atoms. The Bertz CT molecular complexity index is 444. The van der Waals surface area contributed by atoms with Crippen LogP contribution in [0, 0.1) is 5.92 Å². The molecule has 2 nitrogen and oxygen atoms in total. The first kappa shape index (κ1) is 12.9. The average molecular weight is 258 g/mol. The van der Waals surface area contributed by atoms with Crippen molar-refractivity contribution in [2.75, 3.05) is 0 Å². The Morgan fingerprint density at radius 3 is 2.42 bits per heavy atom. The van der Waals surface area contributed by atoms with Gasteiger partial charge in [0.05, 0.1) is 12.2 Å². The van der Waals surface area contributed by atoms with Crippen molar-refractivity contribution >= 4 is 0 Å². The Morgan fingerprint density at radius 2 is 1.84 bits per heavy atom. The predicted molar refractivity (Wildman–Crippen MR) is 75.9 cm³/mol. The fourth-order valence-electron chi connectivity index (χ4n) is 3.40. The van der Waals surface area contributed by atoms with Crippen molar-refractivity contribution < 1.29 is 9.47 Å². The molecule has 1 aromatic carbocycles. The van der Waals surface area contributed by atoms with E-state index in [1.54, 1.807) is 0 Å². The van der Waals surface area contributed by atoms with E-state index in [0.29, 0.717) is 11.8 Å². The van der Waals surface area contributed by atoms with Gasteiger partial charge in [-0.3, -0.25) is 0 Å². The lowest BCUT2D eigenvalue weighted by atomic mass is 9.93. The molecule has 0 radical (unpaired) electrons. The molecular weight excluding hydrogens is 236 g/mol. The molecule has 1 saturated heterocycles. The lowest BCUT2D eigenvalue weighted by Crippen LogP contribution is -2.39. The summed E-state index contributed by atoms with van der Waals surface area (Å²) in [5, 5.41) is 0. The Labute approximate surface area is 115 Å². The van der Waals surface area contributed by atoms with E-state index in [-0.39, 0.29) is 18.0 Å². The monoisotopic (exact) mass is 258 g/mol. The van der Waals surface area contributed by atoms with Gasteiger partial charge in [-0.05, 0) is 25.8 Å². The molecule has 0 amide bonds. The largest absolute Gasteiger partial charge is 0.347 e. The second-order valence-corrected chi connectivity index (χ2v) is 5.89. The molecule has 102 valence electrons. The summed E-state index contributed by atoms with van der Waals surface area (Å²) in [6.45, 7) is 8.28. The summed E-state index contributed by atoms with van der Waals surface area (Å²) < 4.78 is 12.2. The van der Waals surface area contributed by atoms with E-state index >= 15 is 0 Å². The summed E-state index contributed by atoms with van der Waals surface area (Å²) in [4.78, 5) is 0. The molecule has 1 heterocycles. The van der Waals surface area contributed by atoms with Crippen LogP contribution < -0.4 is 0 Å². The highest BCUT2D eigenvalue weighted by Crippen LogP contribution is 2.58. The molecule has 1 aromatic rings. The summed E-state index contributed by atoms with van der Waals surface area (Å²) in [7, 11) is 0. The second kappa shape index (κ2) is 4.77. The summed E-state index contributed by atoms with van der Waals surface area (Å²) in [6.07, 6.45) is 4.57. The molecule has 4 atom stereocenters. The fraction of sp³-hybridized carbons (Fsp3) is 0.529. The highest BCUT2D eigenvalue weighted by Gasteiger charge is 2.62. The van der Waals surface area contributed by atoms with Crippen LogP contribution in [0.25, 0.3) is 0 Å². The van der Waals surface area contributed by atoms with Crippen LogP contribution in [0.4, 0.5) is 0 Å². The van der Waals surface area contributed by atoms with Crippen LogP contribution in [0.1, 0.15) is 38.2 Å². The van der Waals surface area contributed by atoms with Crippen LogP contribution in [-0.2, 0) is 9.47 Å². The zero-order valence-electron chi connectivity index (χ0n) is 11.7. The Morgan fingerprint density at radius 1 is 1.21 bits per heavy atom. The molecular formula is C17H22O2. The molecule has 0 N–H and O–H groups in total. The van der Waals surface area contributed by atoms with Crippen LogP contribution in [0.3, 0.4) is 0 Å². The van der Waals surface area contributed by atoms with E-state index in [4.69, 9.17) is 9.47 Å². The summed E-state index contributed by atoms with van der Waals surface area (Å²) in [5.74, 6) is 0.363. The van der Waals surface area contributed by atoms with Crippen molar-refractivity contribution in [1.82, 2.24) is 0 Å². The first-order valence-electron chi connectivity index (χ1n) is 7.18. The minimum atomic E-state index is -0.355. The number of hydrogen-bond acceptors (Lipinski definition) is 2. The van der Waals surface area contributed by atoms with Gasteiger partial charge in [0, 0.05) is 18.3 Å². The quantitative estimate of drug-likeness (QED) is 0.766. The highest BCUT2D eigenvalue weighted by molar-refractivity contribution is 5.28. The number of allylic oxidation sites excluding steroid dienone is 1. The summed E-state index contributed by atoms with van der Waals surface area (Å²) in [6, 6.07) is 10.5. The average Bonchev–Trinajstić information content (AvgIpc) is 3.02. The van der Waals surface area contributed by atoms with Crippen LogP contribution in [-0.4, -0.2) is 18.0 Å². The third kappa shape index (κ3) is 2.35. The van der Waals surface area contributed by atoms with Crippen molar-refractivity contribution in [3.05, 3.63) is 48.6 Å². The lowest BCUT2D eigenvalue weighted by molar-refractivity contribution is -0.263. The molecule has 2 aliphatic rings. The van der Waals surface area contributed by atoms with Gasteiger partial charge in [-0.1, -0.05) is 36.4 Å². The van der Waals surface area contributed by atoms with E-state index in [1.807, 2.05) is 12.1 Å². The topological polar surface area (TPSA) is 18.5 Å². The van der Waals surface area contributed by atoms with Crippen molar-refractivity contribution in [3.8, 4) is 0 Å². The predicted octanol–water partition coefficient (Wildman–Crippen LogP) is 3.89. The van der Waals surface area contributed by atoms with E-state index in [9.17, 15) is 0 Å². The molecule has 2 heteroatoms. The molecule has 3 rings (SSSR count). The second-order valence-electron chi connectivity index (χ2n) is 5.89. The van der Waals surface area contributed by atoms with E-state index < -0.39 is 0 Å². The van der Waals surface area contributed by atoms with Gasteiger partial charge in [0.15, 0.2) is 5.79 Å². The van der Waals surface area contributed by atoms with E-state index in [2.05, 4.69) is 44.7 Å². The van der Waals surface area contributed by atoms with Gasteiger partial charge in [-0.15, -0.1) is 6.58 Å². The van der Waals surface area contributed by atoms with E-state index in [0.717, 1.165) is 12.8 Å². The Balaban J connectivity index is 1.79. The van der Waals surface area contributed by atoms with Crippen molar-refractivity contribution in [2.45, 2.75) is 50.6 Å². The Hall–Kier alpha value is -1.12. The maximum Gasteiger partial charge on any atom is 0.173 e. The first-order valence-corrected chi connectivity index (χ1v) is 7.18. The molecule has 0 aromatic heterocycles. The number of hydrogen-bond donors (Lipinski definition) is 0. The first-order chi connectivity index (χ1) is 9.14. The van der Waals surface area contributed by atoms with Crippen molar-refractivity contribution in [3.63, 3.8) is 0 Å². The zero-order valence-corrected chi connectivity index (χ0v) is 11.7. The minimum absolute atomic E-state index is 0.287. The lowest BCUT2D eigenvalue weighted by Gasteiger charge is -2.34. The smallest absolute Gasteiger partial charge is 0.173 e. The molecule has 1 aliphatic heterocycles. The van der Waals surface area contributed by atoms with Crippen molar-refractivity contribution in [2.24, 2.45) is 5.92 Å². The SMILES string of the molecule is C=C[C@@H](c1ccccc1)[C@H]1CC12O[C@H](C)C[C@@H](C)O2. The fourth-order valence-corrected chi connectivity index (χ4v) is 3.40. The maximum absolute atomic E-state index is 6.10. The van der Waals surface area contributed by atoms with Crippen LogP contribution >= 0.6 is 0 Å². The standard InChI is InChI=1S/C17H22O2/c1-4-15(14-8-6-5-7-9-14)16-11-17(16)18-12(2)10-13(3)19-17/h4-9,12-13,15-16H,1,10-11H2,2-3H3/t12-,13-,15+,16-/m1/s1. The van der Waals surface area contributed by atoms with Crippen molar-refractivity contribution in [1.29, 1.82) is 0 Å². The van der Waals surface area contributed by atoms with Crippen LogP contribution in [0.5, 0.6) is 0 Å². The number of benzene rings is 1. The van der Waals surface area contributed by atoms with Gasteiger partial charge in [-0.25, -0.2) is 0 Å².